The molecule has 3 aromatic carbocycles. The van der Waals surface area contributed by atoms with E-state index in [2.05, 4.69) is 91.0 Å². The fourth-order valence-electron chi connectivity index (χ4n) is 3.08. The van der Waals surface area contributed by atoms with Gasteiger partial charge >= 0.3 is 0 Å². The lowest BCUT2D eigenvalue weighted by atomic mass is 9.93. The highest BCUT2D eigenvalue weighted by atomic mass is 31.1. The minimum atomic E-state index is 0.392. The summed E-state index contributed by atoms with van der Waals surface area (Å²) in [6, 6.07) is 28.3. The zero-order valence-electron chi connectivity index (χ0n) is 12.2. The van der Waals surface area contributed by atoms with Crippen LogP contribution in [0.3, 0.4) is 0 Å². The summed E-state index contributed by atoms with van der Waals surface area (Å²) in [6.45, 7) is 0. The maximum Gasteiger partial charge on any atom is 0.0285 e. The van der Waals surface area contributed by atoms with Crippen molar-refractivity contribution in [2.24, 2.45) is 0 Å². The molecule has 0 amide bonds. The highest BCUT2D eigenvalue weighted by molar-refractivity contribution is 7.55. The van der Waals surface area contributed by atoms with Gasteiger partial charge in [-0.1, -0.05) is 99.6 Å². The Kier molecular flexibility index (Phi) is 3.62. The van der Waals surface area contributed by atoms with Crippen LogP contribution in [0.5, 0.6) is 0 Å². The fraction of sp³-hybridized carbons (Fsp3) is 0.0476. The van der Waals surface area contributed by atoms with E-state index in [1.54, 1.807) is 0 Å². The van der Waals surface area contributed by atoms with E-state index in [0.29, 0.717) is 14.5 Å². The highest BCUT2D eigenvalue weighted by Gasteiger charge is 2.20. The molecule has 0 aromatic heterocycles. The van der Waals surface area contributed by atoms with Gasteiger partial charge in [-0.25, -0.2) is 0 Å². The normalized spacial score (nSPS) is 16.3. The van der Waals surface area contributed by atoms with Gasteiger partial charge in [0, 0.05) is 5.92 Å². The lowest BCUT2D eigenvalue weighted by molar-refractivity contribution is 1.06. The molecule has 4 rings (SSSR count). The average molecular weight is 300 g/mol. The molecular weight excluding hydrogens is 283 g/mol. The van der Waals surface area contributed by atoms with Crippen molar-refractivity contribution in [1.82, 2.24) is 0 Å². The zero-order chi connectivity index (χ0) is 14.8. The van der Waals surface area contributed by atoms with Gasteiger partial charge in [-0.2, -0.15) is 0 Å². The van der Waals surface area contributed by atoms with Crippen LogP contribution >= 0.6 is 8.58 Å². The Morgan fingerprint density at radius 2 is 1.32 bits per heavy atom. The van der Waals surface area contributed by atoms with Crippen LogP contribution in [0.15, 0.2) is 84.9 Å². The number of fused-ring (bicyclic) bond motifs is 1. The van der Waals surface area contributed by atoms with Crippen LogP contribution in [0.2, 0.25) is 0 Å². The molecule has 0 bridgehead atoms. The summed E-state index contributed by atoms with van der Waals surface area (Å²) < 4.78 is 0. The molecule has 106 valence electrons. The first kappa shape index (κ1) is 13.5. The number of rotatable bonds is 3. The third kappa shape index (κ3) is 2.51. The third-order valence-corrected chi connectivity index (χ3v) is 5.49. The molecule has 22 heavy (non-hydrogen) atoms. The van der Waals surface area contributed by atoms with Crippen molar-refractivity contribution in [2.45, 2.75) is 5.92 Å². The Hall–Kier alpha value is -2.17. The molecule has 0 saturated carbocycles. The maximum absolute atomic E-state index is 2.33. The Labute approximate surface area is 133 Å². The van der Waals surface area contributed by atoms with E-state index in [-0.39, 0.29) is 0 Å². The molecule has 2 unspecified atom stereocenters. The van der Waals surface area contributed by atoms with E-state index in [9.17, 15) is 0 Å². The minimum absolute atomic E-state index is 0.392. The summed E-state index contributed by atoms with van der Waals surface area (Å²) >= 11 is 0. The van der Waals surface area contributed by atoms with Gasteiger partial charge in [-0.15, -0.1) is 0 Å². The third-order valence-electron chi connectivity index (χ3n) is 4.15. The van der Waals surface area contributed by atoms with Crippen LogP contribution in [-0.4, -0.2) is 0 Å². The molecule has 0 fully saturated rings. The lowest BCUT2D eigenvalue weighted by Crippen LogP contribution is -2.12. The van der Waals surface area contributed by atoms with Crippen LogP contribution in [-0.2, 0) is 0 Å². The van der Waals surface area contributed by atoms with Crippen molar-refractivity contribution in [3.63, 3.8) is 0 Å². The molecule has 0 saturated heterocycles. The smallest absolute Gasteiger partial charge is 0.0285 e. The predicted molar refractivity (Wildman–Crippen MR) is 97.8 cm³/mol. The Bertz CT molecular complexity index is 818. The summed E-state index contributed by atoms with van der Waals surface area (Å²) in [4.78, 5) is 0. The predicted octanol–water partition coefficient (Wildman–Crippen LogP) is 4.47. The summed E-state index contributed by atoms with van der Waals surface area (Å²) in [7, 11) is 0.706. The van der Waals surface area contributed by atoms with Gasteiger partial charge in [0.2, 0.25) is 0 Å². The summed E-state index contributed by atoms with van der Waals surface area (Å²) in [5, 5.41) is 2.84. The van der Waals surface area contributed by atoms with Crippen LogP contribution < -0.4 is 10.6 Å². The summed E-state index contributed by atoms with van der Waals surface area (Å²) in [5.41, 5.74) is 4.21. The number of hydrogen-bond donors (Lipinski definition) is 0. The van der Waals surface area contributed by atoms with E-state index < -0.39 is 0 Å². The van der Waals surface area contributed by atoms with Crippen molar-refractivity contribution in [2.75, 3.05) is 0 Å². The Balaban J connectivity index is 1.73. The lowest BCUT2D eigenvalue weighted by Gasteiger charge is -2.16. The standard InChI is InChI=1S/C21H17P/c1-2-9-17(10-3-1)22-21-13-7-6-12-20(21)19-15-14-16-8-4-5-11-18(16)19/h1-15,19,22H. The van der Waals surface area contributed by atoms with Gasteiger partial charge < -0.3 is 0 Å². The first-order chi connectivity index (χ1) is 10.9. The van der Waals surface area contributed by atoms with Crippen LogP contribution in [0.25, 0.3) is 6.08 Å². The molecule has 0 spiro atoms. The largest absolute Gasteiger partial charge is 0.0720 e. The van der Waals surface area contributed by atoms with Crippen molar-refractivity contribution < 1.29 is 0 Å². The molecule has 1 aliphatic carbocycles. The molecule has 1 heteroatoms. The molecule has 0 aliphatic heterocycles. The molecule has 0 radical (unpaired) electrons. The molecule has 3 aromatic rings. The molecule has 0 nitrogen and oxygen atoms in total. The molecule has 2 atom stereocenters. The van der Waals surface area contributed by atoms with Crippen LogP contribution in [0.1, 0.15) is 22.6 Å². The average Bonchev–Trinajstić information content (AvgIpc) is 3.00. The quantitative estimate of drug-likeness (QED) is 0.626. The van der Waals surface area contributed by atoms with E-state index in [1.165, 1.54) is 27.3 Å². The highest BCUT2D eigenvalue weighted by Crippen LogP contribution is 2.35. The van der Waals surface area contributed by atoms with Gasteiger partial charge in [-0.05, 0) is 27.3 Å². The van der Waals surface area contributed by atoms with E-state index in [0.717, 1.165) is 0 Å². The maximum atomic E-state index is 2.33. The van der Waals surface area contributed by atoms with Crippen molar-refractivity contribution >= 4 is 25.3 Å². The SMILES string of the molecule is C1=CC(c2ccccc2Pc2ccccc2)c2ccccc21. The van der Waals surface area contributed by atoms with Crippen molar-refractivity contribution in [3.8, 4) is 0 Å². The van der Waals surface area contributed by atoms with Gasteiger partial charge in [-0.3, -0.25) is 0 Å². The first-order valence-electron chi connectivity index (χ1n) is 7.60. The first-order valence-corrected chi connectivity index (χ1v) is 8.60. The van der Waals surface area contributed by atoms with Gasteiger partial charge in [0.1, 0.15) is 0 Å². The molecule has 1 aliphatic rings. The zero-order valence-corrected chi connectivity index (χ0v) is 13.2. The second kappa shape index (κ2) is 5.91. The van der Waals surface area contributed by atoms with E-state index in [1.807, 2.05) is 0 Å². The second-order valence-electron chi connectivity index (χ2n) is 5.54. The van der Waals surface area contributed by atoms with E-state index in [4.69, 9.17) is 0 Å². The fourth-order valence-corrected chi connectivity index (χ4v) is 4.31. The molecule has 0 heterocycles. The van der Waals surface area contributed by atoms with Gasteiger partial charge in [0.05, 0.1) is 0 Å². The summed E-state index contributed by atoms with van der Waals surface area (Å²) in [6.07, 6.45) is 4.58. The molecular formula is C21H17P. The van der Waals surface area contributed by atoms with Gasteiger partial charge in [0.25, 0.3) is 0 Å². The van der Waals surface area contributed by atoms with Crippen LogP contribution in [0, 0.1) is 0 Å². The monoisotopic (exact) mass is 300 g/mol. The summed E-state index contributed by atoms with van der Waals surface area (Å²) in [5.74, 6) is 0.392. The van der Waals surface area contributed by atoms with Crippen LogP contribution in [0.4, 0.5) is 0 Å². The van der Waals surface area contributed by atoms with Crippen molar-refractivity contribution in [3.05, 3.63) is 102 Å². The second-order valence-corrected chi connectivity index (χ2v) is 6.91. The number of hydrogen-bond acceptors (Lipinski definition) is 0. The van der Waals surface area contributed by atoms with Gasteiger partial charge in [0.15, 0.2) is 0 Å². The topological polar surface area (TPSA) is 0 Å². The Morgan fingerprint density at radius 3 is 2.18 bits per heavy atom. The minimum Gasteiger partial charge on any atom is -0.0720 e. The number of benzene rings is 3. The number of allylic oxidation sites excluding steroid dienone is 1. The Morgan fingerprint density at radius 1 is 0.636 bits per heavy atom. The molecule has 0 N–H and O–H groups in total. The van der Waals surface area contributed by atoms with Crippen molar-refractivity contribution in [1.29, 1.82) is 0 Å². The van der Waals surface area contributed by atoms with E-state index >= 15 is 0 Å².